The minimum absolute atomic E-state index is 0.209. The molecule has 3 rings (SSSR count). The SMILES string of the molecule is Cc1ccc(NCc2cc3c(cc2Br)OCO3)cc1F. The van der Waals surface area contributed by atoms with E-state index in [-0.39, 0.29) is 12.6 Å². The zero-order chi connectivity index (χ0) is 14.1. The first kappa shape index (κ1) is 13.2. The number of benzene rings is 2. The number of rotatable bonds is 3. The van der Waals surface area contributed by atoms with Crippen LogP contribution < -0.4 is 14.8 Å². The molecule has 1 N–H and O–H groups in total. The molecule has 0 unspecified atom stereocenters. The maximum atomic E-state index is 13.5. The summed E-state index contributed by atoms with van der Waals surface area (Å²) < 4.78 is 25.1. The molecule has 2 aromatic rings. The molecule has 3 nitrogen and oxygen atoms in total. The van der Waals surface area contributed by atoms with Crippen LogP contribution in [0, 0.1) is 12.7 Å². The van der Waals surface area contributed by atoms with E-state index < -0.39 is 0 Å². The summed E-state index contributed by atoms with van der Waals surface area (Å²) >= 11 is 3.50. The van der Waals surface area contributed by atoms with Crippen LogP contribution in [0.4, 0.5) is 10.1 Å². The van der Waals surface area contributed by atoms with Gasteiger partial charge in [0.25, 0.3) is 0 Å². The van der Waals surface area contributed by atoms with Gasteiger partial charge in [-0.1, -0.05) is 22.0 Å². The fraction of sp³-hybridized carbons (Fsp3) is 0.200. The maximum absolute atomic E-state index is 13.5. The van der Waals surface area contributed by atoms with Crippen molar-refractivity contribution in [1.82, 2.24) is 0 Å². The third kappa shape index (κ3) is 2.58. The quantitative estimate of drug-likeness (QED) is 0.908. The van der Waals surface area contributed by atoms with Gasteiger partial charge in [-0.2, -0.15) is 0 Å². The van der Waals surface area contributed by atoms with Gasteiger partial charge in [-0.3, -0.25) is 0 Å². The molecule has 0 saturated carbocycles. The molecule has 0 fully saturated rings. The van der Waals surface area contributed by atoms with E-state index in [0.717, 1.165) is 27.2 Å². The van der Waals surface area contributed by atoms with E-state index in [0.29, 0.717) is 12.1 Å². The summed E-state index contributed by atoms with van der Waals surface area (Å²) in [7, 11) is 0. The van der Waals surface area contributed by atoms with Gasteiger partial charge in [-0.05, 0) is 42.3 Å². The van der Waals surface area contributed by atoms with Gasteiger partial charge in [0.1, 0.15) is 5.82 Å². The first-order valence-electron chi connectivity index (χ1n) is 6.21. The topological polar surface area (TPSA) is 30.5 Å². The first-order valence-corrected chi connectivity index (χ1v) is 7.01. The normalized spacial score (nSPS) is 12.6. The van der Waals surface area contributed by atoms with Crippen LogP contribution in [0.3, 0.4) is 0 Å². The molecule has 1 heterocycles. The summed E-state index contributed by atoms with van der Waals surface area (Å²) in [6.07, 6.45) is 0. The second kappa shape index (κ2) is 5.32. The summed E-state index contributed by atoms with van der Waals surface area (Å²) in [6.45, 7) is 2.56. The number of nitrogens with one attached hydrogen (secondary N) is 1. The molecular formula is C15H13BrFNO2. The minimum atomic E-state index is -0.209. The Balaban J connectivity index is 1.76. The number of fused-ring (bicyclic) bond motifs is 1. The van der Waals surface area contributed by atoms with Gasteiger partial charge >= 0.3 is 0 Å². The number of halogens is 2. The number of anilines is 1. The molecule has 20 heavy (non-hydrogen) atoms. The molecule has 0 amide bonds. The lowest BCUT2D eigenvalue weighted by Crippen LogP contribution is -2.01. The van der Waals surface area contributed by atoms with Crippen molar-refractivity contribution in [3.63, 3.8) is 0 Å². The zero-order valence-corrected chi connectivity index (χ0v) is 12.5. The third-order valence-corrected chi connectivity index (χ3v) is 3.93. The van der Waals surface area contributed by atoms with Crippen molar-refractivity contribution in [2.45, 2.75) is 13.5 Å². The summed E-state index contributed by atoms with van der Waals surface area (Å²) in [4.78, 5) is 0. The average molecular weight is 338 g/mol. The standard InChI is InChI=1S/C15H13BrFNO2/c1-9-2-3-11(5-13(9)17)18-7-10-4-14-15(6-12(10)16)20-8-19-14/h2-6,18H,7-8H2,1H3. The lowest BCUT2D eigenvalue weighted by Gasteiger charge is -2.10. The average Bonchev–Trinajstić information content (AvgIpc) is 2.87. The molecule has 1 aliphatic heterocycles. The fourth-order valence-corrected chi connectivity index (χ4v) is 2.46. The molecule has 5 heteroatoms. The number of hydrogen-bond donors (Lipinski definition) is 1. The van der Waals surface area contributed by atoms with Gasteiger partial charge in [-0.25, -0.2) is 4.39 Å². The molecule has 0 saturated heterocycles. The van der Waals surface area contributed by atoms with Crippen molar-refractivity contribution in [3.8, 4) is 11.5 Å². The van der Waals surface area contributed by atoms with E-state index in [1.165, 1.54) is 6.07 Å². The molecule has 0 aromatic heterocycles. The summed E-state index contributed by atoms with van der Waals surface area (Å²) in [5.74, 6) is 1.27. The Kier molecular flexibility index (Phi) is 3.53. The van der Waals surface area contributed by atoms with Gasteiger partial charge < -0.3 is 14.8 Å². The molecule has 104 valence electrons. The summed E-state index contributed by atoms with van der Waals surface area (Å²) in [6, 6.07) is 8.92. The van der Waals surface area contributed by atoms with Crippen molar-refractivity contribution in [1.29, 1.82) is 0 Å². The third-order valence-electron chi connectivity index (χ3n) is 3.20. The lowest BCUT2D eigenvalue weighted by molar-refractivity contribution is 0.174. The van der Waals surface area contributed by atoms with Crippen LogP contribution >= 0.6 is 15.9 Å². The van der Waals surface area contributed by atoms with E-state index >= 15 is 0 Å². The van der Waals surface area contributed by atoms with Crippen LogP contribution in [0.1, 0.15) is 11.1 Å². The molecule has 0 radical (unpaired) electrons. The molecule has 0 atom stereocenters. The van der Waals surface area contributed by atoms with Crippen molar-refractivity contribution < 1.29 is 13.9 Å². The summed E-state index contributed by atoms with van der Waals surface area (Å²) in [5.41, 5.74) is 2.41. The second-order valence-electron chi connectivity index (χ2n) is 4.61. The first-order chi connectivity index (χ1) is 9.63. The molecule has 2 aromatic carbocycles. The van der Waals surface area contributed by atoms with Crippen LogP contribution in [0.2, 0.25) is 0 Å². The highest BCUT2D eigenvalue weighted by atomic mass is 79.9. The Morgan fingerprint density at radius 3 is 2.70 bits per heavy atom. The maximum Gasteiger partial charge on any atom is 0.231 e. The minimum Gasteiger partial charge on any atom is -0.454 e. The highest BCUT2D eigenvalue weighted by Gasteiger charge is 2.16. The summed E-state index contributed by atoms with van der Waals surface area (Å²) in [5, 5.41) is 3.19. The molecular weight excluding hydrogens is 325 g/mol. The number of aryl methyl sites for hydroxylation is 1. The van der Waals surface area contributed by atoms with E-state index in [4.69, 9.17) is 9.47 Å². The molecule has 0 spiro atoms. The Bertz CT molecular complexity index is 661. The zero-order valence-electron chi connectivity index (χ0n) is 10.9. The molecule has 0 bridgehead atoms. The Morgan fingerprint density at radius 1 is 1.20 bits per heavy atom. The predicted octanol–water partition coefficient (Wildman–Crippen LogP) is 4.24. The van der Waals surface area contributed by atoms with Gasteiger partial charge in [0.2, 0.25) is 6.79 Å². The van der Waals surface area contributed by atoms with Crippen molar-refractivity contribution in [3.05, 3.63) is 51.7 Å². The highest BCUT2D eigenvalue weighted by Crippen LogP contribution is 2.37. The molecule has 1 aliphatic rings. The molecule has 0 aliphatic carbocycles. The van der Waals surface area contributed by atoms with Gasteiger partial charge in [0, 0.05) is 16.7 Å². The van der Waals surface area contributed by atoms with E-state index in [1.54, 1.807) is 13.0 Å². The van der Waals surface area contributed by atoms with Crippen LogP contribution in [0.25, 0.3) is 0 Å². The van der Waals surface area contributed by atoms with Crippen molar-refractivity contribution >= 4 is 21.6 Å². The Morgan fingerprint density at radius 2 is 1.95 bits per heavy atom. The van der Waals surface area contributed by atoms with Crippen LogP contribution in [-0.2, 0) is 6.54 Å². The predicted molar refractivity (Wildman–Crippen MR) is 78.7 cm³/mol. The van der Waals surface area contributed by atoms with E-state index in [1.807, 2.05) is 18.2 Å². The lowest BCUT2D eigenvalue weighted by atomic mass is 10.2. The fourth-order valence-electron chi connectivity index (χ4n) is 1.99. The Labute approximate surface area is 124 Å². The van der Waals surface area contributed by atoms with E-state index in [2.05, 4.69) is 21.2 Å². The van der Waals surface area contributed by atoms with Gasteiger partial charge in [0.15, 0.2) is 11.5 Å². The van der Waals surface area contributed by atoms with Crippen molar-refractivity contribution in [2.75, 3.05) is 12.1 Å². The largest absolute Gasteiger partial charge is 0.454 e. The van der Waals surface area contributed by atoms with Gasteiger partial charge in [0.05, 0.1) is 0 Å². The smallest absolute Gasteiger partial charge is 0.231 e. The monoisotopic (exact) mass is 337 g/mol. The van der Waals surface area contributed by atoms with Crippen molar-refractivity contribution in [2.24, 2.45) is 0 Å². The number of hydrogen-bond acceptors (Lipinski definition) is 3. The second-order valence-corrected chi connectivity index (χ2v) is 5.47. The number of ether oxygens (including phenoxy) is 2. The van der Waals surface area contributed by atoms with Crippen LogP contribution in [0.15, 0.2) is 34.8 Å². The van der Waals surface area contributed by atoms with E-state index in [9.17, 15) is 4.39 Å². The van der Waals surface area contributed by atoms with Crippen LogP contribution in [-0.4, -0.2) is 6.79 Å². The van der Waals surface area contributed by atoms with Crippen LogP contribution in [0.5, 0.6) is 11.5 Å². The van der Waals surface area contributed by atoms with Gasteiger partial charge in [-0.15, -0.1) is 0 Å². The highest BCUT2D eigenvalue weighted by molar-refractivity contribution is 9.10. The Hall–Kier alpha value is -1.75.